The Morgan fingerprint density at radius 2 is 1.90 bits per heavy atom. The molecule has 2 rings (SSSR count). The Labute approximate surface area is 122 Å². The predicted molar refractivity (Wildman–Crippen MR) is 82.1 cm³/mol. The van der Waals surface area contributed by atoms with Gasteiger partial charge in [-0.3, -0.25) is 4.90 Å². The van der Waals surface area contributed by atoms with Crippen LogP contribution in [0.4, 0.5) is 5.95 Å². The van der Waals surface area contributed by atoms with Crippen LogP contribution >= 0.6 is 0 Å². The molecule has 0 aromatic carbocycles. The first-order chi connectivity index (χ1) is 9.69. The molecular weight excluding hydrogens is 250 g/mol. The van der Waals surface area contributed by atoms with Crippen molar-refractivity contribution >= 4 is 5.95 Å². The van der Waals surface area contributed by atoms with Crippen LogP contribution in [0.15, 0.2) is 0 Å². The summed E-state index contributed by atoms with van der Waals surface area (Å²) in [6.45, 7) is 9.82. The summed E-state index contributed by atoms with van der Waals surface area (Å²) >= 11 is 0. The van der Waals surface area contributed by atoms with Gasteiger partial charge in [0.05, 0.1) is 11.4 Å². The van der Waals surface area contributed by atoms with Crippen molar-refractivity contribution < 1.29 is 0 Å². The number of aryl methyl sites for hydroxylation is 2. The number of aromatic nitrogens is 3. The Balaban J connectivity index is 2.07. The SMILES string of the molecule is CCc1nnc(N(C)CC2CCCN2CC)nc1CC. The van der Waals surface area contributed by atoms with Crippen molar-refractivity contribution in [3.63, 3.8) is 0 Å². The zero-order chi connectivity index (χ0) is 14.5. The van der Waals surface area contributed by atoms with E-state index in [9.17, 15) is 0 Å². The van der Waals surface area contributed by atoms with E-state index < -0.39 is 0 Å². The van der Waals surface area contributed by atoms with Crippen LogP contribution in [0.1, 0.15) is 45.0 Å². The van der Waals surface area contributed by atoms with Crippen molar-refractivity contribution in [2.45, 2.75) is 52.5 Å². The van der Waals surface area contributed by atoms with Crippen LogP contribution in [-0.2, 0) is 12.8 Å². The first-order valence-corrected chi connectivity index (χ1v) is 7.87. The van der Waals surface area contributed by atoms with Gasteiger partial charge < -0.3 is 4.90 Å². The molecule has 0 spiro atoms. The van der Waals surface area contributed by atoms with E-state index in [0.717, 1.165) is 43.3 Å². The summed E-state index contributed by atoms with van der Waals surface area (Å²) in [4.78, 5) is 9.39. The van der Waals surface area contributed by atoms with Crippen LogP contribution in [0, 0.1) is 0 Å². The Kier molecular flexibility index (Phi) is 5.29. The monoisotopic (exact) mass is 277 g/mol. The average Bonchev–Trinajstić information content (AvgIpc) is 2.93. The molecule has 0 aliphatic carbocycles. The normalized spacial score (nSPS) is 19.5. The summed E-state index contributed by atoms with van der Waals surface area (Å²) < 4.78 is 0. The molecule has 1 saturated heterocycles. The number of hydrogen-bond acceptors (Lipinski definition) is 5. The minimum Gasteiger partial charge on any atom is -0.341 e. The molecule has 0 radical (unpaired) electrons. The largest absolute Gasteiger partial charge is 0.341 e. The van der Waals surface area contributed by atoms with Crippen molar-refractivity contribution in [3.05, 3.63) is 11.4 Å². The maximum absolute atomic E-state index is 4.69. The predicted octanol–water partition coefficient (Wildman–Crippen LogP) is 1.92. The summed E-state index contributed by atoms with van der Waals surface area (Å²) in [7, 11) is 2.08. The molecule has 0 amide bonds. The molecule has 1 aromatic rings. The number of likely N-dealkylation sites (N-methyl/N-ethyl adjacent to an activating group) is 2. The van der Waals surface area contributed by atoms with Gasteiger partial charge in [0, 0.05) is 19.6 Å². The lowest BCUT2D eigenvalue weighted by molar-refractivity contribution is 0.270. The number of rotatable bonds is 6. The molecular formula is C15H27N5. The van der Waals surface area contributed by atoms with Crippen molar-refractivity contribution in [2.75, 3.05) is 31.6 Å². The van der Waals surface area contributed by atoms with Crippen molar-refractivity contribution in [1.29, 1.82) is 0 Å². The average molecular weight is 277 g/mol. The maximum atomic E-state index is 4.69. The van der Waals surface area contributed by atoms with E-state index in [1.165, 1.54) is 19.4 Å². The van der Waals surface area contributed by atoms with Gasteiger partial charge in [-0.2, -0.15) is 5.10 Å². The van der Waals surface area contributed by atoms with Gasteiger partial charge in [0.25, 0.3) is 0 Å². The van der Waals surface area contributed by atoms with Gasteiger partial charge in [-0.25, -0.2) is 4.98 Å². The first kappa shape index (κ1) is 15.2. The van der Waals surface area contributed by atoms with Crippen LogP contribution in [0.3, 0.4) is 0 Å². The molecule has 0 bridgehead atoms. The van der Waals surface area contributed by atoms with Gasteiger partial charge in [0.15, 0.2) is 0 Å². The fourth-order valence-electron chi connectivity index (χ4n) is 3.01. The first-order valence-electron chi connectivity index (χ1n) is 7.87. The Bertz CT molecular complexity index is 434. The van der Waals surface area contributed by atoms with E-state index in [1.807, 2.05) is 0 Å². The summed E-state index contributed by atoms with van der Waals surface area (Å²) in [6.07, 6.45) is 4.41. The third-order valence-corrected chi connectivity index (χ3v) is 4.23. The molecule has 0 saturated carbocycles. The number of nitrogens with zero attached hydrogens (tertiary/aromatic N) is 5. The molecule has 0 N–H and O–H groups in total. The van der Waals surface area contributed by atoms with Crippen LogP contribution in [0.5, 0.6) is 0 Å². The van der Waals surface area contributed by atoms with Gasteiger partial charge in [-0.15, -0.1) is 5.10 Å². The number of hydrogen-bond donors (Lipinski definition) is 0. The molecule has 1 unspecified atom stereocenters. The smallest absolute Gasteiger partial charge is 0.245 e. The van der Waals surface area contributed by atoms with E-state index in [1.54, 1.807) is 0 Å². The van der Waals surface area contributed by atoms with Crippen LogP contribution in [-0.4, -0.2) is 52.8 Å². The van der Waals surface area contributed by atoms with Gasteiger partial charge in [0.1, 0.15) is 0 Å². The molecule has 1 aliphatic heterocycles. The highest BCUT2D eigenvalue weighted by Gasteiger charge is 2.25. The second-order valence-electron chi connectivity index (χ2n) is 5.52. The van der Waals surface area contributed by atoms with Crippen LogP contribution in [0.25, 0.3) is 0 Å². The van der Waals surface area contributed by atoms with Gasteiger partial charge in [-0.1, -0.05) is 20.8 Å². The number of likely N-dealkylation sites (tertiary alicyclic amines) is 1. The van der Waals surface area contributed by atoms with E-state index in [4.69, 9.17) is 0 Å². The minimum atomic E-state index is 0.629. The molecule has 5 heteroatoms. The van der Waals surface area contributed by atoms with Gasteiger partial charge >= 0.3 is 0 Å². The molecule has 1 aromatic heterocycles. The Morgan fingerprint density at radius 1 is 1.15 bits per heavy atom. The highest BCUT2D eigenvalue weighted by molar-refractivity contribution is 5.29. The lowest BCUT2D eigenvalue weighted by atomic mass is 10.2. The van der Waals surface area contributed by atoms with E-state index >= 15 is 0 Å². The van der Waals surface area contributed by atoms with Gasteiger partial charge in [0.2, 0.25) is 5.95 Å². The molecule has 1 fully saturated rings. The summed E-state index contributed by atoms with van der Waals surface area (Å²) in [5.41, 5.74) is 2.11. The van der Waals surface area contributed by atoms with E-state index in [2.05, 4.69) is 52.8 Å². The fraction of sp³-hybridized carbons (Fsp3) is 0.800. The molecule has 112 valence electrons. The topological polar surface area (TPSA) is 45.2 Å². The minimum absolute atomic E-state index is 0.629. The standard InChI is InChI=1S/C15H27N5/c1-5-13-14(6-2)17-18-15(16-13)19(4)11-12-9-8-10-20(12)7-3/h12H,5-11H2,1-4H3. The van der Waals surface area contributed by atoms with Gasteiger partial charge in [-0.05, 0) is 38.8 Å². The van der Waals surface area contributed by atoms with E-state index in [0.29, 0.717) is 6.04 Å². The third-order valence-electron chi connectivity index (χ3n) is 4.23. The van der Waals surface area contributed by atoms with E-state index in [-0.39, 0.29) is 0 Å². The van der Waals surface area contributed by atoms with Crippen LogP contribution < -0.4 is 4.90 Å². The second-order valence-corrected chi connectivity index (χ2v) is 5.52. The Morgan fingerprint density at radius 3 is 2.55 bits per heavy atom. The van der Waals surface area contributed by atoms with Crippen LogP contribution in [0.2, 0.25) is 0 Å². The molecule has 1 atom stereocenters. The van der Waals surface area contributed by atoms with Crippen molar-refractivity contribution in [3.8, 4) is 0 Å². The third kappa shape index (κ3) is 3.26. The second kappa shape index (κ2) is 6.97. The molecule has 5 nitrogen and oxygen atoms in total. The molecule has 20 heavy (non-hydrogen) atoms. The summed E-state index contributed by atoms with van der Waals surface area (Å²) in [6, 6.07) is 0.629. The summed E-state index contributed by atoms with van der Waals surface area (Å²) in [5.74, 6) is 0.766. The zero-order valence-electron chi connectivity index (χ0n) is 13.3. The quantitative estimate of drug-likeness (QED) is 0.795. The zero-order valence-corrected chi connectivity index (χ0v) is 13.3. The van der Waals surface area contributed by atoms with Crippen molar-refractivity contribution in [2.24, 2.45) is 0 Å². The highest BCUT2D eigenvalue weighted by atomic mass is 15.3. The summed E-state index contributed by atoms with van der Waals surface area (Å²) in [5, 5.41) is 8.63. The Hall–Kier alpha value is -1.23. The lowest BCUT2D eigenvalue weighted by Crippen LogP contribution is -2.39. The fourth-order valence-corrected chi connectivity index (χ4v) is 3.01. The van der Waals surface area contributed by atoms with Crippen molar-refractivity contribution in [1.82, 2.24) is 20.1 Å². The molecule has 2 heterocycles. The maximum Gasteiger partial charge on any atom is 0.245 e. The lowest BCUT2D eigenvalue weighted by Gasteiger charge is -2.27. The number of anilines is 1. The molecule has 1 aliphatic rings. The highest BCUT2D eigenvalue weighted by Crippen LogP contribution is 2.19.